The largest absolute Gasteiger partial charge is 0.311 e. The lowest BCUT2D eigenvalue weighted by Crippen LogP contribution is -2.25. The molecule has 0 radical (unpaired) electrons. The first kappa shape index (κ1) is 15.7. The molecule has 0 aliphatic carbocycles. The number of nitrogens with zero attached hydrogens (tertiary/aromatic N) is 1. The van der Waals surface area contributed by atoms with Gasteiger partial charge in [-0.1, -0.05) is 48.5 Å². The molecule has 1 atom stereocenters. The highest BCUT2D eigenvalue weighted by atomic mass is 32.3. The van der Waals surface area contributed by atoms with Crippen molar-refractivity contribution in [2.45, 2.75) is 6.42 Å². The van der Waals surface area contributed by atoms with Crippen LogP contribution >= 0.6 is 0 Å². The first-order chi connectivity index (χ1) is 10.9. The molecule has 2 aromatic carbocycles. The fraction of sp³-hybridized carbons (Fsp3) is 0.235. The molecule has 23 heavy (non-hydrogen) atoms. The molecule has 0 bridgehead atoms. The van der Waals surface area contributed by atoms with Gasteiger partial charge < -0.3 is 4.90 Å². The molecule has 1 heterocycles. The second-order valence-electron chi connectivity index (χ2n) is 5.66. The molecule has 0 spiro atoms. The molecular formula is C17H16FNO3S. The smallest absolute Gasteiger partial charge is 0.302 e. The van der Waals surface area contributed by atoms with Crippen molar-refractivity contribution in [3.05, 3.63) is 54.6 Å². The molecule has 1 fully saturated rings. The summed E-state index contributed by atoms with van der Waals surface area (Å²) in [7, 11) is -4.58. The van der Waals surface area contributed by atoms with Gasteiger partial charge in [0.25, 0.3) is 0 Å². The van der Waals surface area contributed by atoms with E-state index in [2.05, 4.69) is 0 Å². The van der Waals surface area contributed by atoms with Gasteiger partial charge in [-0.15, -0.1) is 3.89 Å². The summed E-state index contributed by atoms with van der Waals surface area (Å²) in [6, 6.07) is 17.1. The van der Waals surface area contributed by atoms with Crippen molar-refractivity contribution in [2.75, 3.05) is 17.2 Å². The maximum absolute atomic E-state index is 12.9. The summed E-state index contributed by atoms with van der Waals surface area (Å²) in [5.41, 5.74) is 2.59. The summed E-state index contributed by atoms with van der Waals surface area (Å²) in [6.45, 7) is 0.214. The van der Waals surface area contributed by atoms with Gasteiger partial charge in [0, 0.05) is 24.4 Å². The number of carbonyl (C=O) groups is 1. The lowest BCUT2D eigenvalue weighted by molar-refractivity contribution is -0.117. The molecule has 2 aromatic rings. The minimum Gasteiger partial charge on any atom is -0.311 e. The topological polar surface area (TPSA) is 54.5 Å². The number of rotatable bonds is 4. The van der Waals surface area contributed by atoms with Gasteiger partial charge in [0.1, 0.15) is 0 Å². The Bertz CT molecular complexity index is 821. The summed E-state index contributed by atoms with van der Waals surface area (Å²) in [5.74, 6) is -1.30. The normalized spacial score (nSPS) is 18.4. The summed E-state index contributed by atoms with van der Waals surface area (Å²) in [6.07, 6.45) is 0.0479. The third-order valence-electron chi connectivity index (χ3n) is 3.92. The van der Waals surface area contributed by atoms with Crippen LogP contribution in [0.2, 0.25) is 0 Å². The third kappa shape index (κ3) is 3.59. The summed E-state index contributed by atoms with van der Waals surface area (Å²) >= 11 is 0. The predicted octanol–water partition coefficient (Wildman–Crippen LogP) is 3.01. The monoisotopic (exact) mass is 333 g/mol. The van der Waals surface area contributed by atoms with Gasteiger partial charge in [-0.3, -0.25) is 4.79 Å². The van der Waals surface area contributed by atoms with Crippen LogP contribution in [0.1, 0.15) is 6.42 Å². The molecule has 0 saturated carbocycles. The van der Waals surface area contributed by atoms with Crippen LogP contribution in [0.25, 0.3) is 11.1 Å². The van der Waals surface area contributed by atoms with Crippen molar-refractivity contribution in [1.29, 1.82) is 0 Å². The Morgan fingerprint density at radius 1 is 1.04 bits per heavy atom. The maximum atomic E-state index is 12.9. The van der Waals surface area contributed by atoms with Crippen molar-refractivity contribution >= 4 is 21.8 Å². The number of para-hydroxylation sites is 1. The Hall–Kier alpha value is -2.21. The maximum Gasteiger partial charge on any atom is 0.302 e. The number of halogens is 1. The Morgan fingerprint density at radius 2 is 1.70 bits per heavy atom. The first-order valence-corrected chi connectivity index (χ1v) is 8.86. The van der Waals surface area contributed by atoms with Crippen LogP contribution in [-0.4, -0.2) is 26.6 Å². The fourth-order valence-electron chi connectivity index (χ4n) is 2.98. The summed E-state index contributed by atoms with van der Waals surface area (Å²) < 4.78 is 34.5. The van der Waals surface area contributed by atoms with Crippen molar-refractivity contribution in [3.63, 3.8) is 0 Å². The van der Waals surface area contributed by atoms with Crippen LogP contribution in [0, 0.1) is 5.92 Å². The van der Waals surface area contributed by atoms with Crippen molar-refractivity contribution in [1.82, 2.24) is 0 Å². The lowest BCUT2D eigenvalue weighted by atomic mass is 10.0. The van der Waals surface area contributed by atoms with Gasteiger partial charge in [-0.05, 0) is 11.6 Å². The number of amides is 1. The van der Waals surface area contributed by atoms with Gasteiger partial charge in [-0.2, -0.15) is 8.42 Å². The average Bonchev–Trinajstić information content (AvgIpc) is 2.86. The molecule has 1 unspecified atom stereocenters. The van der Waals surface area contributed by atoms with E-state index in [1.54, 1.807) is 4.90 Å². The molecule has 1 saturated heterocycles. The zero-order chi connectivity index (χ0) is 16.4. The van der Waals surface area contributed by atoms with E-state index < -0.39 is 21.9 Å². The van der Waals surface area contributed by atoms with Crippen LogP contribution in [0.3, 0.4) is 0 Å². The van der Waals surface area contributed by atoms with Crippen LogP contribution in [0.4, 0.5) is 9.57 Å². The SMILES string of the molecule is O=C1CC(CS(=O)(=O)F)CN1c1ccccc1-c1ccccc1. The Kier molecular flexibility index (Phi) is 4.17. The van der Waals surface area contributed by atoms with Gasteiger partial charge in [0.15, 0.2) is 0 Å². The predicted molar refractivity (Wildman–Crippen MR) is 87.2 cm³/mol. The average molecular weight is 333 g/mol. The molecule has 1 aliphatic rings. The van der Waals surface area contributed by atoms with Crippen LogP contribution in [-0.2, 0) is 15.0 Å². The molecule has 0 N–H and O–H groups in total. The molecular weight excluding hydrogens is 317 g/mol. The standard InChI is InChI=1S/C17H16FNO3S/c18-23(21,22)12-13-10-17(20)19(11-13)16-9-5-4-8-15(16)14-6-2-1-3-7-14/h1-9,13H,10-12H2. The second-order valence-corrected chi connectivity index (χ2v) is 7.07. The molecule has 1 amide bonds. The molecule has 120 valence electrons. The van der Waals surface area contributed by atoms with Crippen LogP contribution < -0.4 is 4.90 Å². The van der Waals surface area contributed by atoms with E-state index >= 15 is 0 Å². The number of hydrogen-bond acceptors (Lipinski definition) is 3. The molecule has 3 rings (SSSR count). The summed E-state index contributed by atoms with van der Waals surface area (Å²) in [4.78, 5) is 13.8. The van der Waals surface area contributed by atoms with Gasteiger partial charge >= 0.3 is 10.2 Å². The zero-order valence-corrected chi connectivity index (χ0v) is 13.2. The molecule has 6 heteroatoms. The minimum atomic E-state index is -4.58. The van der Waals surface area contributed by atoms with E-state index in [9.17, 15) is 17.1 Å². The number of carbonyl (C=O) groups excluding carboxylic acids is 1. The molecule has 4 nitrogen and oxygen atoms in total. The van der Waals surface area contributed by atoms with Gasteiger partial charge in [0.05, 0.1) is 11.4 Å². The van der Waals surface area contributed by atoms with E-state index in [-0.39, 0.29) is 18.9 Å². The highest BCUT2D eigenvalue weighted by Gasteiger charge is 2.34. The fourth-order valence-corrected chi connectivity index (χ4v) is 3.76. The third-order valence-corrected chi connectivity index (χ3v) is 4.79. The second kappa shape index (κ2) is 6.12. The summed E-state index contributed by atoms with van der Waals surface area (Å²) in [5, 5.41) is 0. The Labute approximate surface area is 134 Å². The number of benzene rings is 2. The van der Waals surface area contributed by atoms with Crippen molar-refractivity contribution in [2.24, 2.45) is 5.92 Å². The van der Waals surface area contributed by atoms with E-state index in [1.165, 1.54) is 0 Å². The van der Waals surface area contributed by atoms with E-state index in [1.807, 2.05) is 54.6 Å². The highest BCUT2D eigenvalue weighted by Crippen LogP contribution is 2.34. The van der Waals surface area contributed by atoms with E-state index in [0.717, 1.165) is 16.8 Å². The van der Waals surface area contributed by atoms with Gasteiger partial charge in [-0.25, -0.2) is 0 Å². The van der Waals surface area contributed by atoms with Crippen LogP contribution in [0.5, 0.6) is 0 Å². The Balaban J connectivity index is 1.92. The van der Waals surface area contributed by atoms with Crippen molar-refractivity contribution in [3.8, 4) is 11.1 Å². The van der Waals surface area contributed by atoms with Crippen molar-refractivity contribution < 1.29 is 17.1 Å². The molecule has 0 aromatic heterocycles. The van der Waals surface area contributed by atoms with E-state index in [4.69, 9.17) is 0 Å². The first-order valence-electron chi connectivity index (χ1n) is 7.31. The van der Waals surface area contributed by atoms with Crippen LogP contribution in [0.15, 0.2) is 54.6 Å². The quantitative estimate of drug-likeness (QED) is 0.808. The lowest BCUT2D eigenvalue weighted by Gasteiger charge is -2.20. The Morgan fingerprint density at radius 3 is 2.39 bits per heavy atom. The molecule has 1 aliphatic heterocycles. The zero-order valence-electron chi connectivity index (χ0n) is 12.4. The highest BCUT2D eigenvalue weighted by molar-refractivity contribution is 7.86. The number of hydrogen-bond donors (Lipinski definition) is 0. The minimum absolute atomic E-state index is 0.0479. The number of anilines is 1. The van der Waals surface area contributed by atoms with Gasteiger partial charge in [0.2, 0.25) is 5.91 Å². The van der Waals surface area contributed by atoms with E-state index in [0.29, 0.717) is 0 Å².